The fraction of sp³-hybridized carbons (Fsp3) is 0.250. The maximum atomic E-state index is 13.2. The molecule has 0 aliphatic rings. The minimum absolute atomic E-state index is 0.00406. The number of carbonyl (C=O) groups excluding carboxylic acids is 2. The van der Waals surface area contributed by atoms with Gasteiger partial charge in [0.15, 0.2) is 5.69 Å². The first-order valence-electron chi connectivity index (χ1n) is 10.6. The van der Waals surface area contributed by atoms with Crippen LogP contribution in [0.1, 0.15) is 34.7 Å². The van der Waals surface area contributed by atoms with E-state index in [4.69, 9.17) is 22.1 Å². The van der Waals surface area contributed by atoms with Crippen molar-refractivity contribution < 1.29 is 18.5 Å². The molecule has 0 bridgehead atoms. The molecule has 2 aromatic heterocycles. The predicted octanol–water partition coefficient (Wildman–Crippen LogP) is 3.74. The van der Waals surface area contributed by atoms with E-state index in [1.165, 1.54) is 18.5 Å². The van der Waals surface area contributed by atoms with Crippen LogP contribution in [0.3, 0.4) is 0 Å². The Balaban J connectivity index is 1.86. The number of pyridine rings is 2. The van der Waals surface area contributed by atoms with Crippen LogP contribution in [0.15, 0.2) is 59.8 Å². The normalized spacial score (nSPS) is 12.0. The van der Waals surface area contributed by atoms with E-state index in [9.17, 15) is 13.8 Å². The van der Waals surface area contributed by atoms with Crippen molar-refractivity contribution in [1.82, 2.24) is 9.97 Å². The van der Waals surface area contributed by atoms with Crippen LogP contribution >= 0.6 is 11.6 Å². The van der Waals surface area contributed by atoms with Crippen LogP contribution in [-0.4, -0.2) is 45.4 Å². The number of halogens is 1. The standard InChI is InChI=1S/C24H26ClN5O4S/c1-24(2,13-26)14-34-19-11-16(35(3)33)7-8-17(19)22(31)29-18-5-4-10-27-21(18)23(32)30-20-9-6-15(25)12-28-20/h4-12H,13-14,26H2,1-3H3,(H,29,31)(H,28,30,32). The highest BCUT2D eigenvalue weighted by Gasteiger charge is 2.22. The average molecular weight is 516 g/mol. The number of amides is 2. The first-order chi connectivity index (χ1) is 16.6. The number of nitrogens with two attached hydrogens (primary N) is 1. The summed E-state index contributed by atoms with van der Waals surface area (Å²) in [4.78, 5) is 34.7. The summed E-state index contributed by atoms with van der Waals surface area (Å²) < 4.78 is 17.9. The third kappa shape index (κ3) is 7.08. The Morgan fingerprint density at radius 3 is 2.54 bits per heavy atom. The molecule has 0 aliphatic carbocycles. The maximum absolute atomic E-state index is 13.2. The van der Waals surface area contributed by atoms with Crippen LogP contribution in [-0.2, 0) is 10.8 Å². The third-order valence-corrected chi connectivity index (χ3v) is 6.08. The van der Waals surface area contributed by atoms with Crippen molar-refractivity contribution in [2.75, 3.05) is 30.0 Å². The van der Waals surface area contributed by atoms with Crippen LogP contribution in [0.4, 0.5) is 11.5 Å². The summed E-state index contributed by atoms with van der Waals surface area (Å²) >= 11 is 5.83. The summed E-state index contributed by atoms with van der Waals surface area (Å²) in [6.07, 6.45) is 4.38. The molecule has 0 saturated carbocycles. The molecular weight excluding hydrogens is 490 g/mol. The predicted molar refractivity (Wildman–Crippen MR) is 136 cm³/mol. The van der Waals surface area contributed by atoms with E-state index in [1.807, 2.05) is 13.8 Å². The van der Waals surface area contributed by atoms with Gasteiger partial charge >= 0.3 is 0 Å². The lowest BCUT2D eigenvalue weighted by atomic mass is 9.95. The van der Waals surface area contributed by atoms with Gasteiger partial charge in [-0.1, -0.05) is 25.4 Å². The van der Waals surface area contributed by atoms with Gasteiger partial charge < -0.3 is 21.1 Å². The minimum Gasteiger partial charge on any atom is -0.492 e. The molecule has 1 atom stereocenters. The fourth-order valence-corrected chi connectivity index (χ4v) is 3.47. The summed E-state index contributed by atoms with van der Waals surface area (Å²) in [6.45, 7) is 4.50. The highest BCUT2D eigenvalue weighted by Crippen LogP contribution is 2.26. The van der Waals surface area contributed by atoms with Gasteiger partial charge in [-0.3, -0.25) is 13.8 Å². The molecule has 0 fully saturated rings. The number of hydrogen-bond acceptors (Lipinski definition) is 7. The van der Waals surface area contributed by atoms with Crippen molar-refractivity contribution in [3.63, 3.8) is 0 Å². The van der Waals surface area contributed by atoms with E-state index in [2.05, 4.69) is 20.6 Å². The topological polar surface area (TPSA) is 136 Å². The zero-order valence-corrected chi connectivity index (χ0v) is 21.1. The lowest BCUT2D eigenvalue weighted by molar-refractivity contribution is 0.101. The molecule has 11 heteroatoms. The molecule has 1 aromatic carbocycles. The van der Waals surface area contributed by atoms with Gasteiger partial charge in [-0.15, -0.1) is 0 Å². The Morgan fingerprint density at radius 2 is 1.89 bits per heavy atom. The van der Waals surface area contributed by atoms with Gasteiger partial charge in [0, 0.05) is 46.3 Å². The molecule has 4 N–H and O–H groups in total. The Labute approximate surface area is 210 Å². The molecule has 35 heavy (non-hydrogen) atoms. The van der Waals surface area contributed by atoms with Gasteiger partial charge in [-0.25, -0.2) is 9.97 Å². The van der Waals surface area contributed by atoms with Gasteiger partial charge in [0.1, 0.15) is 11.6 Å². The molecular formula is C24H26ClN5O4S. The lowest BCUT2D eigenvalue weighted by Crippen LogP contribution is -2.30. The van der Waals surface area contributed by atoms with Crippen molar-refractivity contribution in [2.24, 2.45) is 11.1 Å². The van der Waals surface area contributed by atoms with Crippen molar-refractivity contribution >= 4 is 45.7 Å². The molecule has 9 nitrogen and oxygen atoms in total. The van der Waals surface area contributed by atoms with Crippen LogP contribution in [0.2, 0.25) is 5.02 Å². The summed E-state index contributed by atoms with van der Waals surface area (Å²) in [5.74, 6) is -0.542. The number of nitrogens with zero attached hydrogens (tertiary/aromatic N) is 2. The molecule has 0 spiro atoms. The second-order valence-electron chi connectivity index (χ2n) is 8.44. The molecule has 184 valence electrons. The van der Waals surface area contributed by atoms with Gasteiger partial charge in [0.05, 0.1) is 22.9 Å². The minimum atomic E-state index is -1.27. The quantitative estimate of drug-likeness (QED) is 0.395. The number of aromatic nitrogens is 2. The Bertz CT molecular complexity index is 1250. The van der Waals surface area contributed by atoms with Crippen LogP contribution in [0.25, 0.3) is 0 Å². The zero-order chi connectivity index (χ0) is 25.6. The van der Waals surface area contributed by atoms with Crippen molar-refractivity contribution in [1.29, 1.82) is 0 Å². The molecule has 0 saturated heterocycles. The maximum Gasteiger partial charge on any atom is 0.277 e. The van der Waals surface area contributed by atoms with E-state index in [1.54, 1.807) is 42.7 Å². The van der Waals surface area contributed by atoms with Crippen molar-refractivity contribution in [2.45, 2.75) is 18.7 Å². The molecule has 0 aliphatic heterocycles. The monoisotopic (exact) mass is 515 g/mol. The van der Waals surface area contributed by atoms with Crippen LogP contribution < -0.4 is 21.1 Å². The average Bonchev–Trinajstić information content (AvgIpc) is 2.84. The Morgan fingerprint density at radius 1 is 1.11 bits per heavy atom. The van der Waals surface area contributed by atoms with Crippen LogP contribution in [0.5, 0.6) is 5.75 Å². The van der Waals surface area contributed by atoms with Gasteiger partial charge in [0.25, 0.3) is 11.8 Å². The first kappa shape index (κ1) is 26.3. The Hall–Kier alpha value is -3.34. The number of anilines is 2. The molecule has 3 rings (SSSR count). The number of ether oxygens (including phenoxy) is 1. The second-order valence-corrected chi connectivity index (χ2v) is 10.3. The molecule has 1 unspecified atom stereocenters. The number of benzene rings is 1. The summed E-state index contributed by atoms with van der Waals surface area (Å²) in [6, 6.07) is 11.0. The zero-order valence-electron chi connectivity index (χ0n) is 19.5. The van der Waals surface area contributed by atoms with E-state index in [0.29, 0.717) is 16.5 Å². The highest BCUT2D eigenvalue weighted by molar-refractivity contribution is 7.84. The number of carbonyl (C=O) groups is 2. The highest BCUT2D eigenvalue weighted by atomic mass is 35.5. The summed E-state index contributed by atoms with van der Waals surface area (Å²) in [7, 11) is -1.27. The number of hydrogen-bond donors (Lipinski definition) is 3. The van der Waals surface area contributed by atoms with Crippen molar-refractivity contribution in [3.8, 4) is 5.75 Å². The molecule has 2 amide bonds. The van der Waals surface area contributed by atoms with Crippen molar-refractivity contribution in [3.05, 3.63) is 71.1 Å². The number of nitrogens with one attached hydrogen (secondary N) is 2. The smallest absolute Gasteiger partial charge is 0.277 e. The van der Waals surface area contributed by atoms with Crippen LogP contribution in [0, 0.1) is 5.41 Å². The van der Waals surface area contributed by atoms with E-state index >= 15 is 0 Å². The van der Waals surface area contributed by atoms with Gasteiger partial charge in [-0.05, 0) is 42.5 Å². The molecule has 3 aromatic rings. The largest absolute Gasteiger partial charge is 0.492 e. The first-order valence-corrected chi connectivity index (χ1v) is 12.5. The second kappa shape index (κ2) is 11.4. The van der Waals surface area contributed by atoms with E-state index in [0.717, 1.165) is 0 Å². The Kier molecular flexibility index (Phi) is 8.55. The van der Waals surface area contributed by atoms with E-state index in [-0.39, 0.29) is 40.5 Å². The molecule has 2 heterocycles. The lowest BCUT2D eigenvalue weighted by Gasteiger charge is -2.23. The van der Waals surface area contributed by atoms with Gasteiger partial charge in [-0.2, -0.15) is 0 Å². The number of rotatable bonds is 9. The SMILES string of the molecule is CS(=O)c1ccc(C(=O)Nc2cccnc2C(=O)Nc2ccc(Cl)cn2)c(OCC(C)(C)CN)c1. The summed E-state index contributed by atoms with van der Waals surface area (Å²) in [5, 5.41) is 5.77. The fourth-order valence-electron chi connectivity index (χ4n) is 2.82. The molecule has 0 radical (unpaired) electrons. The van der Waals surface area contributed by atoms with E-state index < -0.39 is 22.6 Å². The van der Waals surface area contributed by atoms with Gasteiger partial charge in [0.2, 0.25) is 0 Å². The third-order valence-electron chi connectivity index (χ3n) is 4.94. The summed E-state index contributed by atoms with van der Waals surface area (Å²) in [5.41, 5.74) is 5.86.